The lowest BCUT2D eigenvalue weighted by molar-refractivity contribution is -0.136. The molecule has 0 unspecified atom stereocenters. The van der Waals surface area contributed by atoms with Crippen molar-refractivity contribution in [2.24, 2.45) is 0 Å². The molecule has 0 bridgehead atoms. The van der Waals surface area contributed by atoms with Crippen LogP contribution in [0.1, 0.15) is 33.6 Å². The summed E-state index contributed by atoms with van der Waals surface area (Å²) in [5.41, 5.74) is 0.772. The van der Waals surface area contributed by atoms with E-state index in [1.165, 1.54) is 7.11 Å². The Balaban J connectivity index is 1.54. The zero-order valence-electron chi connectivity index (χ0n) is 15.3. The largest absolute Gasteiger partial charge is 0.375 e. The average Bonchev–Trinajstić information content (AvgIpc) is 2.85. The summed E-state index contributed by atoms with van der Waals surface area (Å²) in [5, 5.41) is 0. The van der Waals surface area contributed by atoms with E-state index in [1.807, 2.05) is 0 Å². The zero-order chi connectivity index (χ0) is 19.4. The molecule has 1 saturated heterocycles. The van der Waals surface area contributed by atoms with Gasteiger partial charge in [-0.2, -0.15) is 0 Å². The van der Waals surface area contributed by atoms with Crippen LogP contribution in [0.15, 0.2) is 24.3 Å². The summed E-state index contributed by atoms with van der Waals surface area (Å²) in [6.07, 6.45) is 0.770. The van der Waals surface area contributed by atoms with Gasteiger partial charge in [0.25, 0.3) is 11.8 Å². The van der Waals surface area contributed by atoms with Crippen LogP contribution in [-0.4, -0.2) is 84.8 Å². The normalized spacial score (nSPS) is 17.1. The molecule has 144 valence electrons. The lowest BCUT2D eigenvalue weighted by Crippen LogP contribution is -2.40. The summed E-state index contributed by atoms with van der Waals surface area (Å²) < 4.78 is 4.87. The minimum atomic E-state index is -0.351. The summed E-state index contributed by atoms with van der Waals surface area (Å²) in [6, 6.07) is 6.68. The Labute approximate surface area is 157 Å². The molecule has 0 atom stereocenters. The first-order valence-corrected chi connectivity index (χ1v) is 9.02. The molecule has 0 aliphatic carbocycles. The van der Waals surface area contributed by atoms with E-state index >= 15 is 0 Å². The Bertz CT molecular complexity index is 728. The van der Waals surface area contributed by atoms with E-state index in [2.05, 4.69) is 0 Å². The molecular formula is C19H23N3O5. The third kappa shape index (κ3) is 4.00. The molecule has 27 heavy (non-hydrogen) atoms. The minimum Gasteiger partial charge on any atom is -0.375 e. The van der Waals surface area contributed by atoms with Gasteiger partial charge in [0, 0.05) is 46.3 Å². The summed E-state index contributed by atoms with van der Waals surface area (Å²) in [6.45, 7) is 2.14. The molecule has 0 aromatic heterocycles. The van der Waals surface area contributed by atoms with Crippen molar-refractivity contribution >= 4 is 23.6 Å². The van der Waals surface area contributed by atoms with Crippen LogP contribution in [0.3, 0.4) is 0 Å². The second-order valence-electron chi connectivity index (χ2n) is 6.61. The maximum absolute atomic E-state index is 12.5. The lowest BCUT2D eigenvalue weighted by Gasteiger charge is -2.23. The van der Waals surface area contributed by atoms with Gasteiger partial charge in [0.15, 0.2) is 0 Å². The zero-order valence-corrected chi connectivity index (χ0v) is 15.3. The Hall–Kier alpha value is -2.74. The fraction of sp³-hybridized carbons (Fsp3) is 0.474. The van der Waals surface area contributed by atoms with Crippen molar-refractivity contribution in [3.8, 4) is 0 Å². The number of carbonyl (C=O) groups is 4. The number of hydrogen-bond acceptors (Lipinski definition) is 5. The molecule has 0 saturated carbocycles. The highest BCUT2D eigenvalue weighted by Gasteiger charge is 2.35. The van der Waals surface area contributed by atoms with Crippen molar-refractivity contribution in [3.05, 3.63) is 35.4 Å². The van der Waals surface area contributed by atoms with Gasteiger partial charge in [0.2, 0.25) is 11.8 Å². The van der Waals surface area contributed by atoms with Gasteiger partial charge in [-0.1, -0.05) is 12.1 Å². The molecule has 0 radical (unpaired) electrons. The van der Waals surface area contributed by atoms with Gasteiger partial charge in [-0.05, 0) is 18.6 Å². The van der Waals surface area contributed by atoms with Gasteiger partial charge in [-0.15, -0.1) is 0 Å². The summed E-state index contributed by atoms with van der Waals surface area (Å²) in [5.74, 6) is -0.906. The van der Waals surface area contributed by atoms with Crippen LogP contribution in [0.25, 0.3) is 0 Å². The van der Waals surface area contributed by atoms with Gasteiger partial charge >= 0.3 is 0 Å². The van der Waals surface area contributed by atoms with Gasteiger partial charge in [0.1, 0.15) is 6.61 Å². The molecule has 0 spiro atoms. The summed E-state index contributed by atoms with van der Waals surface area (Å²) in [4.78, 5) is 53.7. The number of ether oxygens (including phenoxy) is 1. The van der Waals surface area contributed by atoms with Crippen molar-refractivity contribution in [1.82, 2.24) is 14.7 Å². The number of rotatable bonds is 5. The molecule has 3 rings (SSSR count). The predicted octanol–water partition coefficient (Wildman–Crippen LogP) is 0.380. The summed E-state index contributed by atoms with van der Waals surface area (Å²) in [7, 11) is 1.48. The van der Waals surface area contributed by atoms with Gasteiger partial charge in [-0.3, -0.25) is 24.1 Å². The number of benzene rings is 1. The molecule has 2 heterocycles. The third-order valence-electron chi connectivity index (χ3n) is 4.90. The SMILES string of the molecule is COCC(=O)N1CCCN(C(=O)CCN2C(=O)c3ccccc3C2=O)CC1. The summed E-state index contributed by atoms with van der Waals surface area (Å²) >= 11 is 0. The Morgan fingerprint density at radius 2 is 1.48 bits per heavy atom. The standard InChI is InChI=1S/C19H23N3O5/c1-27-13-17(24)21-9-4-8-20(11-12-21)16(23)7-10-22-18(25)14-5-2-3-6-15(14)19(22)26/h2-3,5-6H,4,7-13H2,1H3. The number of amides is 4. The monoisotopic (exact) mass is 373 g/mol. The molecule has 1 fully saturated rings. The number of imide groups is 1. The molecule has 1 aromatic carbocycles. The fourth-order valence-corrected chi connectivity index (χ4v) is 3.44. The van der Waals surface area contributed by atoms with Crippen molar-refractivity contribution in [2.75, 3.05) is 46.4 Å². The molecule has 2 aliphatic rings. The van der Waals surface area contributed by atoms with E-state index in [0.29, 0.717) is 43.7 Å². The van der Waals surface area contributed by atoms with E-state index in [9.17, 15) is 19.2 Å². The molecule has 4 amide bonds. The first-order chi connectivity index (χ1) is 13.0. The van der Waals surface area contributed by atoms with Crippen LogP contribution in [0.2, 0.25) is 0 Å². The maximum Gasteiger partial charge on any atom is 0.261 e. The van der Waals surface area contributed by atoms with Crippen LogP contribution in [-0.2, 0) is 14.3 Å². The predicted molar refractivity (Wildman–Crippen MR) is 96.1 cm³/mol. The number of fused-ring (bicyclic) bond motifs is 1. The van der Waals surface area contributed by atoms with Crippen LogP contribution >= 0.6 is 0 Å². The lowest BCUT2D eigenvalue weighted by atomic mass is 10.1. The van der Waals surface area contributed by atoms with Gasteiger partial charge in [0.05, 0.1) is 11.1 Å². The second-order valence-corrected chi connectivity index (χ2v) is 6.61. The van der Waals surface area contributed by atoms with Crippen LogP contribution in [0.5, 0.6) is 0 Å². The maximum atomic E-state index is 12.5. The Morgan fingerprint density at radius 3 is 2.04 bits per heavy atom. The van der Waals surface area contributed by atoms with E-state index in [1.54, 1.807) is 34.1 Å². The topological polar surface area (TPSA) is 87.2 Å². The van der Waals surface area contributed by atoms with E-state index in [-0.39, 0.29) is 43.2 Å². The van der Waals surface area contributed by atoms with E-state index in [4.69, 9.17) is 4.74 Å². The quantitative estimate of drug-likeness (QED) is 0.697. The Morgan fingerprint density at radius 1 is 0.926 bits per heavy atom. The number of nitrogens with zero attached hydrogens (tertiary/aromatic N) is 3. The number of methoxy groups -OCH3 is 1. The number of hydrogen-bond donors (Lipinski definition) is 0. The average molecular weight is 373 g/mol. The molecule has 1 aromatic rings. The smallest absolute Gasteiger partial charge is 0.261 e. The van der Waals surface area contributed by atoms with Crippen molar-refractivity contribution in [3.63, 3.8) is 0 Å². The van der Waals surface area contributed by atoms with E-state index < -0.39 is 0 Å². The third-order valence-corrected chi connectivity index (χ3v) is 4.90. The van der Waals surface area contributed by atoms with Crippen LogP contribution < -0.4 is 0 Å². The number of carbonyl (C=O) groups excluding carboxylic acids is 4. The highest BCUT2D eigenvalue weighted by atomic mass is 16.5. The molecule has 8 heteroatoms. The van der Waals surface area contributed by atoms with Gasteiger partial charge < -0.3 is 14.5 Å². The van der Waals surface area contributed by atoms with Crippen molar-refractivity contribution in [1.29, 1.82) is 0 Å². The second kappa shape index (κ2) is 8.30. The highest BCUT2D eigenvalue weighted by molar-refractivity contribution is 6.21. The minimum absolute atomic E-state index is 0.0354. The van der Waals surface area contributed by atoms with Crippen molar-refractivity contribution < 1.29 is 23.9 Å². The van der Waals surface area contributed by atoms with Crippen LogP contribution in [0.4, 0.5) is 0 Å². The van der Waals surface area contributed by atoms with E-state index in [0.717, 1.165) is 4.90 Å². The van der Waals surface area contributed by atoms with Crippen LogP contribution in [0, 0.1) is 0 Å². The highest BCUT2D eigenvalue weighted by Crippen LogP contribution is 2.22. The first kappa shape index (κ1) is 19.0. The molecule has 8 nitrogen and oxygen atoms in total. The molecule has 2 aliphatic heterocycles. The first-order valence-electron chi connectivity index (χ1n) is 9.02. The fourth-order valence-electron chi connectivity index (χ4n) is 3.44. The van der Waals surface area contributed by atoms with Gasteiger partial charge in [-0.25, -0.2) is 0 Å². The van der Waals surface area contributed by atoms with Crippen molar-refractivity contribution in [2.45, 2.75) is 12.8 Å². The molecular weight excluding hydrogens is 350 g/mol. The molecule has 0 N–H and O–H groups in total. The Kier molecular flexibility index (Phi) is 5.85.